The van der Waals surface area contributed by atoms with Gasteiger partial charge in [-0.15, -0.1) is 0 Å². The third kappa shape index (κ3) is 7.40. The first-order valence-electron chi connectivity index (χ1n) is 26.7. The predicted octanol–water partition coefficient (Wildman–Crippen LogP) is 20.3. The van der Waals surface area contributed by atoms with Gasteiger partial charge < -0.3 is 14.4 Å². The van der Waals surface area contributed by atoms with Crippen LogP contribution in [0.2, 0.25) is 0 Å². The van der Waals surface area contributed by atoms with Gasteiger partial charge in [-0.3, -0.25) is 0 Å². The first kappa shape index (κ1) is 45.2. The van der Waals surface area contributed by atoms with E-state index < -0.39 is 0 Å². The van der Waals surface area contributed by atoms with Crippen molar-refractivity contribution in [1.82, 2.24) is 4.57 Å². The van der Waals surface area contributed by atoms with E-state index in [0.29, 0.717) is 0 Å². The second-order valence-corrected chi connectivity index (χ2v) is 20.1. The Labute approximate surface area is 435 Å². The molecule has 0 spiro atoms. The van der Waals surface area contributed by atoms with Crippen LogP contribution in [0.5, 0.6) is 0 Å². The van der Waals surface area contributed by atoms with E-state index in [9.17, 15) is 0 Å². The Morgan fingerprint density at radius 2 is 0.932 bits per heavy atom. The second-order valence-electron chi connectivity index (χ2n) is 20.1. The lowest BCUT2D eigenvalue weighted by Gasteiger charge is -2.35. The minimum absolute atomic E-state index is 0.238. The van der Waals surface area contributed by atoms with Gasteiger partial charge in [-0.05, 0) is 148 Å². The molecular formula is C71H59N3. The largest absolute Gasteiger partial charge is 0.341 e. The number of aryl methyl sites for hydroxylation is 1. The van der Waals surface area contributed by atoms with Crippen LogP contribution in [0, 0.1) is 0 Å². The van der Waals surface area contributed by atoms with Crippen molar-refractivity contribution in [3.05, 3.63) is 254 Å². The minimum atomic E-state index is -0.238. The zero-order valence-electron chi connectivity index (χ0n) is 42.5. The molecule has 13 rings (SSSR count). The molecule has 3 nitrogen and oxygen atoms in total. The van der Waals surface area contributed by atoms with Gasteiger partial charge in [-0.25, -0.2) is 0 Å². The van der Waals surface area contributed by atoms with E-state index in [4.69, 9.17) is 0 Å². The molecule has 0 unspecified atom stereocenters. The highest BCUT2D eigenvalue weighted by molar-refractivity contribution is 6.12. The number of hydrogen-bond acceptors (Lipinski definition) is 2. The summed E-state index contributed by atoms with van der Waals surface area (Å²) >= 11 is 0. The van der Waals surface area contributed by atoms with Gasteiger partial charge in [-0.2, -0.15) is 0 Å². The Balaban J connectivity index is 1.05. The van der Waals surface area contributed by atoms with Crippen LogP contribution in [-0.2, 0) is 12.0 Å². The maximum absolute atomic E-state index is 2.60. The van der Waals surface area contributed by atoms with Crippen molar-refractivity contribution in [1.29, 1.82) is 0 Å². The maximum Gasteiger partial charge on any atom is 0.0543 e. The molecule has 1 aromatic heterocycles. The average Bonchev–Trinajstić information content (AvgIpc) is 4.02. The van der Waals surface area contributed by atoms with E-state index in [1.54, 1.807) is 0 Å². The van der Waals surface area contributed by atoms with Gasteiger partial charge in [-0.1, -0.05) is 197 Å². The molecular weight excluding hydrogens is 895 g/mol. The van der Waals surface area contributed by atoms with Gasteiger partial charge in [0.25, 0.3) is 0 Å². The molecule has 0 saturated carbocycles. The highest BCUT2D eigenvalue weighted by atomic mass is 15.2. The van der Waals surface area contributed by atoms with Crippen molar-refractivity contribution in [3.63, 3.8) is 0 Å². The molecule has 0 saturated heterocycles. The molecule has 0 atom stereocenters. The summed E-state index contributed by atoms with van der Waals surface area (Å²) in [6, 6.07) is 90.7. The Morgan fingerprint density at radius 1 is 0.351 bits per heavy atom. The summed E-state index contributed by atoms with van der Waals surface area (Å²) in [7, 11) is 0. The molecule has 0 aliphatic heterocycles. The number of aromatic nitrogens is 1. The number of hydrogen-bond donors (Lipinski definition) is 0. The van der Waals surface area contributed by atoms with Crippen molar-refractivity contribution >= 4 is 77.5 Å². The van der Waals surface area contributed by atoms with Crippen molar-refractivity contribution < 1.29 is 0 Å². The third-order valence-electron chi connectivity index (χ3n) is 15.9. The first-order valence-corrected chi connectivity index (χ1v) is 26.7. The molecule has 1 aliphatic rings. The number of fused-ring (bicyclic) bond motifs is 9. The van der Waals surface area contributed by atoms with Crippen molar-refractivity contribution in [3.8, 4) is 33.4 Å². The number of anilines is 6. The van der Waals surface area contributed by atoms with Crippen LogP contribution >= 0.6 is 0 Å². The summed E-state index contributed by atoms with van der Waals surface area (Å²) in [4.78, 5) is 5.06. The molecule has 3 heteroatoms. The normalized spacial score (nSPS) is 12.6. The van der Waals surface area contributed by atoms with Crippen molar-refractivity contribution in [2.24, 2.45) is 0 Å². The molecule has 12 aromatic rings. The zero-order valence-corrected chi connectivity index (χ0v) is 42.5. The minimum Gasteiger partial charge on any atom is -0.341 e. The summed E-state index contributed by atoms with van der Waals surface area (Å²) in [6.07, 6.45) is 4.18. The summed E-state index contributed by atoms with van der Waals surface area (Å²) in [5, 5.41) is 7.57. The van der Waals surface area contributed by atoms with Gasteiger partial charge >= 0.3 is 0 Å². The van der Waals surface area contributed by atoms with Crippen LogP contribution in [0.4, 0.5) is 34.1 Å². The topological polar surface area (TPSA) is 11.4 Å². The van der Waals surface area contributed by atoms with Crippen LogP contribution in [0.3, 0.4) is 0 Å². The molecule has 0 amide bonds. The van der Waals surface area contributed by atoms with E-state index in [-0.39, 0.29) is 5.41 Å². The highest BCUT2D eigenvalue weighted by Gasteiger charge is 2.44. The SMILES string of the molecule is CCCC1(CCC)c2cc(N(c3ccc4ccccc4c3)c3ccc(-c4ccccc4)cc3-c3ccccc3)ccc2-c2c1cc(N(c1ccccc1)c1ccc3c4ccccc4n(CC)c3c1)c1ccccc21. The Kier molecular flexibility index (Phi) is 11.5. The Morgan fingerprint density at radius 3 is 1.68 bits per heavy atom. The lowest BCUT2D eigenvalue weighted by atomic mass is 9.71. The molecule has 358 valence electrons. The van der Waals surface area contributed by atoms with Crippen LogP contribution in [0.1, 0.15) is 57.6 Å². The van der Waals surface area contributed by atoms with Crippen molar-refractivity contribution in [2.75, 3.05) is 9.80 Å². The predicted molar refractivity (Wildman–Crippen MR) is 316 cm³/mol. The number of para-hydroxylation sites is 2. The lowest BCUT2D eigenvalue weighted by Crippen LogP contribution is -2.26. The molecule has 74 heavy (non-hydrogen) atoms. The third-order valence-corrected chi connectivity index (χ3v) is 15.9. The average molecular weight is 954 g/mol. The monoisotopic (exact) mass is 953 g/mol. The smallest absolute Gasteiger partial charge is 0.0543 e. The number of nitrogens with zero attached hydrogens (tertiary/aromatic N) is 3. The molecule has 0 N–H and O–H groups in total. The standard InChI is InChI=1S/C71H59N3/c1-4-42-71(43-5-2)64-46-56(74(55-36-34-50-24-16-17-27-52(50)44-55)67-41-35-53(49-22-10-7-11-23-49)45-63(67)51-25-12-8-13-26-51)38-40-62(64)70-61-32-19-18-31-59(61)69(48-65(70)71)73(54-28-14-9-15-29-54)57-37-39-60-58-30-20-21-33-66(58)72(6-3)68(60)47-57/h7-41,44-48H,4-6,42-43H2,1-3H3. The summed E-state index contributed by atoms with van der Waals surface area (Å²) in [5.74, 6) is 0. The summed E-state index contributed by atoms with van der Waals surface area (Å²) in [5.41, 5.74) is 19.6. The molecule has 0 fully saturated rings. The van der Waals surface area contributed by atoms with E-state index in [1.165, 1.54) is 93.5 Å². The summed E-state index contributed by atoms with van der Waals surface area (Å²) in [6.45, 7) is 7.90. The molecule has 11 aromatic carbocycles. The molecule has 0 bridgehead atoms. The molecule has 1 aliphatic carbocycles. The van der Waals surface area contributed by atoms with E-state index >= 15 is 0 Å². The number of rotatable bonds is 13. The Hall–Kier alpha value is -8.66. The first-order chi connectivity index (χ1) is 36.6. The van der Waals surface area contributed by atoms with E-state index in [2.05, 4.69) is 278 Å². The van der Waals surface area contributed by atoms with Gasteiger partial charge in [0.15, 0.2) is 0 Å². The highest BCUT2D eigenvalue weighted by Crippen LogP contribution is 2.59. The second kappa shape index (κ2) is 18.7. The van der Waals surface area contributed by atoms with Crippen LogP contribution < -0.4 is 9.80 Å². The Bertz CT molecular complexity index is 4030. The van der Waals surface area contributed by atoms with Gasteiger partial charge in [0.1, 0.15) is 0 Å². The van der Waals surface area contributed by atoms with E-state index in [0.717, 1.165) is 60.7 Å². The number of benzene rings is 11. The fourth-order valence-corrected chi connectivity index (χ4v) is 12.8. The van der Waals surface area contributed by atoms with Crippen LogP contribution in [-0.4, -0.2) is 4.57 Å². The molecule has 1 heterocycles. The lowest BCUT2D eigenvalue weighted by molar-refractivity contribution is 0.436. The van der Waals surface area contributed by atoms with Gasteiger partial charge in [0.2, 0.25) is 0 Å². The quantitative estimate of drug-likeness (QED) is 0.114. The fraction of sp³-hybridized carbons (Fsp3) is 0.127. The van der Waals surface area contributed by atoms with E-state index in [1.807, 2.05) is 0 Å². The summed E-state index contributed by atoms with van der Waals surface area (Å²) < 4.78 is 2.47. The van der Waals surface area contributed by atoms with Crippen LogP contribution in [0.15, 0.2) is 243 Å². The zero-order chi connectivity index (χ0) is 49.8. The van der Waals surface area contributed by atoms with Gasteiger partial charge in [0, 0.05) is 61.9 Å². The van der Waals surface area contributed by atoms with Gasteiger partial charge in [0.05, 0.1) is 16.9 Å². The van der Waals surface area contributed by atoms with Crippen molar-refractivity contribution in [2.45, 2.75) is 58.4 Å². The fourth-order valence-electron chi connectivity index (χ4n) is 12.8. The maximum atomic E-state index is 2.60. The molecule has 0 radical (unpaired) electrons. The van der Waals surface area contributed by atoms with Crippen LogP contribution in [0.25, 0.3) is 76.7 Å².